The Labute approximate surface area is 101 Å². The molecule has 0 bridgehead atoms. The minimum Gasteiger partial charge on any atom is -0.478 e. The summed E-state index contributed by atoms with van der Waals surface area (Å²) in [5, 5.41) is 21.1. The molecular formula is C12H18N2O3. The number of nitrogens with zero attached hydrogens (tertiary/aromatic N) is 1. The Morgan fingerprint density at radius 2 is 2.29 bits per heavy atom. The van der Waals surface area contributed by atoms with Gasteiger partial charge in [0.1, 0.15) is 5.56 Å². The summed E-state index contributed by atoms with van der Waals surface area (Å²) in [6, 6.07) is 1.71. The molecule has 1 aromatic heterocycles. The lowest BCUT2D eigenvalue weighted by Gasteiger charge is -2.10. The molecule has 0 amide bonds. The average molecular weight is 238 g/mol. The van der Waals surface area contributed by atoms with Gasteiger partial charge in [-0.15, -0.1) is 0 Å². The first-order chi connectivity index (χ1) is 8.00. The summed E-state index contributed by atoms with van der Waals surface area (Å²) in [6.07, 6.45) is 2.52. The van der Waals surface area contributed by atoms with E-state index < -0.39 is 5.97 Å². The molecule has 17 heavy (non-hydrogen) atoms. The molecule has 1 aromatic rings. The summed E-state index contributed by atoms with van der Waals surface area (Å²) in [4.78, 5) is 14.9. The van der Waals surface area contributed by atoms with E-state index in [0.29, 0.717) is 18.7 Å². The summed E-state index contributed by atoms with van der Waals surface area (Å²) in [5.74, 6) is -0.990. The number of rotatable bonds is 6. The van der Waals surface area contributed by atoms with Crippen LogP contribution >= 0.6 is 0 Å². The topological polar surface area (TPSA) is 82.5 Å². The van der Waals surface area contributed by atoms with Gasteiger partial charge in [0.15, 0.2) is 0 Å². The third kappa shape index (κ3) is 4.40. The number of aromatic nitrogens is 1. The van der Waals surface area contributed by atoms with Gasteiger partial charge in [-0.05, 0) is 32.8 Å². The highest BCUT2D eigenvalue weighted by Crippen LogP contribution is 2.15. The first-order valence-corrected chi connectivity index (χ1v) is 5.62. The predicted octanol–water partition coefficient (Wildman–Crippen LogP) is 1.66. The predicted molar refractivity (Wildman–Crippen MR) is 65.3 cm³/mol. The number of aliphatic hydroxyl groups is 1. The van der Waals surface area contributed by atoms with Crippen LogP contribution < -0.4 is 5.32 Å². The van der Waals surface area contributed by atoms with Crippen molar-refractivity contribution >= 4 is 11.7 Å². The molecular weight excluding hydrogens is 220 g/mol. The highest BCUT2D eigenvalue weighted by molar-refractivity contribution is 5.93. The summed E-state index contributed by atoms with van der Waals surface area (Å²) >= 11 is 0. The largest absolute Gasteiger partial charge is 0.478 e. The van der Waals surface area contributed by atoms with Crippen LogP contribution in [0.2, 0.25) is 0 Å². The van der Waals surface area contributed by atoms with Gasteiger partial charge in [-0.25, -0.2) is 4.79 Å². The molecule has 0 fully saturated rings. The van der Waals surface area contributed by atoms with Crippen molar-refractivity contribution in [3.05, 3.63) is 23.5 Å². The number of carbonyl (C=O) groups is 1. The molecule has 1 unspecified atom stereocenters. The highest BCUT2D eigenvalue weighted by atomic mass is 16.4. The quantitative estimate of drug-likeness (QED) is 0.656. The Kier molecular flexibility index (Phi) is 4.90. The lowest BCUT2D eigenvalue weighted by Crippen LogP contribution is -2.10. The van der Waals surface area contributed by atoms with E-state index in [-0.39, 0.29) is 11.7 Å². The number of nitrogens with one attached hydrogen (secondary N) is 1. The van der Waals surface area contributed by atoms with E-state index in [0.717, 1.165) is 12.1 Å². The number of carboxylic acid groups (broad SMARTS) is 1. The van der Waals surface area contributed by atoms with Crippen LogP contribution in [0.1, 0.15) is 35.8 Å². The van der Waals surface area contributed by atoms with Crippen molar-refractivity contribution in [2.75, 3.05) is 11.9 Å². The van der Waals surface area contributed by atoms with E-state index in [1.54, 1.807) is 13.0 Å². The number of aliphatic hydroxyl groups excluding tert-OH is 1. The van der Waals surface area contributed by atoms with Crippen LogP contribution in [0.3, 0.4) is 0 Å². The van der Waals surface area contributed by atoms with Crippen LogP contribution in [0.15, 0.2) is 12.3 Å². The van der Waals surface area contributed by atoms with E-state index in [4.69, 9.17) is 10.2 Å². The second-order valence-corrected chi connectivity index (χ2v) is 4.09. The van der Waals surface area contributed by atoms with Gasteiger partial charge in [0.25, 0.3) is 0 Å². The average Bonchev–Trinajstić information content (AvgIpc) is 2.23. The number of hydrogen-bond acceptors (Lipinski definition) is 4. The Morgan fingerprint density at radius 3 is 2.88 bits per heavy atom. The zero-order valence-electron chi connectivity index (χ0n) is 10.1. The molecule has 0 aliphatic rings. The second kappa shape index (κ2) is 6.20. The molecule has 5 heteroatoms. The third-order valence-corrected chi connectivity index (χ3v) is 2.39. The molecule has 0 aromatic carbocycles. The second-order valence-electron chi connectivity index (χ2n) is 4.09. The fourth-order valence-corrected chi connectivity index (χ4v) is 1.50. The van der Waals surface area contributed by atoms with E-state index in [1.807, 2.05) is 6.92 Å². The number of aryl methyl sites for hydroxylation is 1. The van der Waals surface area contributed by atoms with Crippen LogP contribution in [-0.2, 0) is 0 Å². The number of aromatic carboxylic acids is 1. The summed E-state index contributed by atoms with van der Waals surface area (Å²) in [6.45, 7) is 4.18. The van der Waals surface area contributed by atoms with Gasteiger partial charge < -0.3 is 15.5 Å². The van der Waals surface area contributed by atoms with Gasteiger partial charge in [-0.1, -0.05) is 0 Å². The third-order valence-electron chi connectivity index (χ3n) is 2.39. The molecule has 1 atom stereocenters. The first-order valence-electron chi connectivity index (χ1n) is 5.62. The minimum absolute atomic E-state index is 0.174. The summed E-state index contributed by atoms with van der Waals surface area (Å²) in [5.41, 5.74) is 1.52. The number of carboxylic acids is 1. The lowest BCUT2D eigenvalue weighted by molar-refractivity contribution is 0.0697. The normalized spacial score (nSPS) is 12.2. The number of pyridine rings is 1. The van der Waals surface area contributed by atoms with E-state index in [2.05, 4.69) is 10.3 Å². The van der Waals surface area contributed by atoms with Gasteiger partial charge in [0, 0.05) is 18.4 Å². The Morgan fingerprint density at radius 1 is 1.59 bits per heavy atom. The van der Waals surface area contributed by atoms with E-state index in [9.17, 15) is 4.79 Å². The van der Waals surface area contributed by atoms with Crippen LogP contribution in [0.5, 0.6) is 0 Å². The molecule has 1 heterocycles. The van der Waals surface area contributed by atoms with Crippen LogP contribution in [0.25, 0.3) is 0 Å². The molecule has 0 spiro atoms. The van der Waals surface area contributed by atoms with Gasteiger partial charge in [0.2, 0.25) is 0 Å². The molecule has 3 N–H and O–H groups in total. The van der Waals surface area contributed by atoms with Crippen molar-refractivity contribution in [1.29, 1.82) is 0 Å². The fourth-order valence-electron chi connectivity index (χ4n) is 1.50. The Bertz CT molecular complexity index is 391. The number of anilines is 1. The smallest absolute Gasteiger partial charge is 0.339 e. The lowest BCUT2D eigenvalue weighted by atomic mass is 10.2. The van der Waals surface area contributed by atoms with Gasteiger partial charge in [0.05, 0.1) is 11.8 Å². The molecule has 1 rings (SSSR count). The fraction of sp³-hybridized carbons (Fsp3) is 0.500. The van der Waals surface area contributed by atoms with Crippen LogP contribution in [0, 0.1) is 6.92 Å². The van der Waals surface area contributed by atoms with Crippen LogP contribution in [-0.4, -0.2) is 33.8 Å². The maximum absolute atomic E-state index is 11.0. The van der Waals surface area contributed by atoms with Gasteiger partial charge in [-0.3, -0.25) is 4.98 Å². The maximum Gasteiger partial charge on any atom is 0.339 e. The van der Waals surface area contributed by atoms with Crippen molar-refractivity contribution in [2.45, 2.75) is 32.8 Å². The zero-order valence-corrected chi connectivity index (χ0v) is 10.1. The zero-order chi connectivity index (χ0) is 12.8. The molecule has 0 aliphatic heterocycles. The molecule has 5 nitrogen and oxygen atoms in total. The summed E-state index contributed by atoms with van der Waals surface area (Å²) < 4.78 is 0. The monoisotopic (exact) mass is 238 g/mol. The highest BCUT2D eigenvalue weighted by Gasteiger charge is 2.10. The van der Waals surface area contributed by atoms with Crippen LogP contribution in [0.4, 0.5) is 5.69 Å². The molecule has 0 aliphatic carbocycles. The first kappa shape index (κ1) is 13.4. The SMILES string of the molecule is Cc1cc(NCCCC(C)O)c(C(=O)O)cn1. The van der Waals surface area contributed by atoms with Crippen molar-refractivity contribution in [3.8, 4) is 0 Å². The molecule has 94 valence electrons. The minimum atomic E-state index is -0.990. The molecule has 0 saturated carbocycles. The Hall–Kier alpha value is -1.62. The maximum atomic E-state index is 11.0. The van der Waals surface area contributed by atoms with E-state index >= 15 is 0 Å². The standard InChI is InChI=1S/C12H18N2O3/c1-8-6-11(10(7-14-8)12(16)17)13-5-3-4-9(2)15/h6-7,9,15H,3-5H2,1-2H3,(H,13,14)(H,16,17). The summed E-state index contributed by atoms with van der Waals surface area (Å²) in [7, 11) is 0. The Balaban J connectivity index is 2.62. The molecule has 0 saturated heterocycles. The van der Waals surface area contributed by atoms with E-state index in [1.165, 1.54) is 6.20 Å². The van der Waals surface area contributed by atoms with Gasteiger partial charge in [-0.2, -0.15) is 0 Å². The van der Waals surface area contributed by atoms with Crippen molar-refractivity contribution in [3.63, 3.8) is 0 Å². The van der Waals surface area contributed by atoms with Gasteiger partial charge >= 0.3 is 5.97 Å². The van der Waals surface area contributed by atoms with Crippen molar-refractivity contribution in [2.24, 2.45) is 0 Å². The molecule has 0 radical (unpaired) electrons. The number of hydrogen-bond donors (Lipinski definition) is 3. The van der Waals surface area contributed by atoms with Crippen molar-refractivity contribution in [1.82, 2.24) is 4.98 Å². The van der Waals surface area contributed by atoms with Crippen molar-refractivity contribution < 1.29 is 15.0 Å².